The van der Waals surface area contributed by atoms with Gasteiger partial charge in [-0.15, -0.1) is 0 Å². The molecule has 2 rings (SSSR count). The zero-order valence-electron chi connectivity index (χ0n) is 12.3. The lowest BCUT2D eigenvalue weighted by atomic mass is 9.98. The van der Waals surface area contributed by atoms with Crippen LogP contribution in [0.5, 0.6) is 0 Å². The Hall–Kier alpha value is -1.25. The fraction of sp³-hybridized carbons (Fsp3) is 0.333. The molecule has 2 aromatic carbocycles. The van der Waals surface area contributed by atoms with E-state index in [2.05, 4.69) is 79.2 Å². The van der Waals surface area contributed by atoms with Crippen LogP contribution in [0.2, 0.25) is 0 Å². The first kappa shape index (κ1) is 15.1. The van der Waals surface area contributed by atoms with Gasteiger partial charge in [-0.05, 0) is 30.3 Å². The second kappa shape index (κ2) is 8.13. The topological polar surface area (TPSA) is 12.0 Å². The highest BCUT2D eigenvalue weighted by Crippen LogP contribution is 2.38. The molecule has 1 nitrogen and oxygen atoms in total. The summed E-state index contributed by atoms with van der Waals surface area (Å²) in [5.41, 5.74) is 2.75. The van der Waals surface area contributed by atoms with Crippen molar-refractivity contribution in [2.75, 3.05) is 12.8 Å². The van der Waals surface area contributed by atoms with Gasteiger partial charge in [0.05, 0.1) is 0 Å². The lowest BCUT2D eigenvalue weighted by molar-refractivity contribution is 0.522. The van der Waals surface area contributed by atoms with Crippen molar-refractivity contribution in [3.8, 4) is 0 Å². The first-order valence-electron chi connectivity index (χ1n) is 7.23. The molecule has 0 aliphatic heterocycles. The van der Waals surface area contributed by atoms with Crippen LogP contribution in [0.3, 0.4) is 0 Å². The molecule has 2 heteroatoms. The van der Waals surface area contributed by atoms with Crippen molar-refractivity contribution in [1.29, 1.82) is 0 Å². The second-order valence-corrected chi connectivity index (χ2v) is 5.89. The Morgan fingerprint density at radius 2 is 1.45 bits per heavy atom. The fourth-order valence-corrected chi connectivity index (χ4v) is 3.42. The summed E-state index contributed by atoms with van der Waals surface area (Å²) in [6, 6.07) is 21.9. The first-order chi connectivity index (χ1) is 9.86. The third kappa shape index (κ3) is 3.87. The van der Waals surface area contributed by atoms with Crippen LogP contribution in [-0.4, -0.2) is 12.8 Å². The maximum Gasteiger partial charge on any atom is 0.0489 e. The van der Waals surface area contributed by atoms with Crippen LogP contribution < -0.4 is 5.32 Å². The molecule has 0 spiro atoms. The molecule has 0 saturated carbocycles. The third-order valence-electron chi connectivity index (χ3n) is 3.46. The molecule has 0 radical (unpaired) electrons. The average molecular weight is 285 g/mol. The molecule has 0 saturated heterocycles. The summed E-state index contributed by atoms with van der Waals surface area (Å²) >= 11 is 1.91. The van der Waals surface area contributed by atoms with Gasteiger partial charge in [0.25, 0.3) is 0 Å². The van der Waals surface area contributed by atoms with E-state index in [4.69, 9.17) is 0 Å². The minimum atomic E-state index is 0.355. The van der Waals surface area contributed by atoms with E-state index < -0.39 is 0 Å². The molecule has 0 bridgehead atoms. The number of benzene rings is 2. The van der Waals surface area contributed by atoms with Crippen LogP contribution in [0.4, 0.5) is 0 Å². The van der Waals surface area contributed by atoms with Crippen molar-refractivity contribution < 1.29 is 0 Å². The molecule has 2 atom stereocenters. The summed E-state index contributed by atoms with van der Waals surface area (Å²) in [5.74, 6) is 0. The van der Waals surface area contributed by atoms with E-state index in [0.29, 0.717) is 11.3 Å². The molecule has 0 aliphatic carbocycles. The van der Waals surface area contributed by atoms with E-state index in [1.165, 1.54) is 11.1 Å². The number of hydrogen-bond acceptors (Lipinski definition) is 2. The van der Waals surface area contributed by atoms with Gasteiger partial charge in [-0.25, -0.2) is 0 Å². The highest BCUT2D eigenvalue weighted by atomic mass is 32.2. The monoisotopic (exact) mass is 285 g/mol. The quantitative estimate of drug-likeness (QED) is 0.782. The van der Waals surface area contributed by atoms with Gasteiger partial charge in [0.15, 0.2) is 0 Å². The summed E-state index contributed by atoms with van der Waals surface area (Å²) in [6.07, 6.45) is 3.35. The van der Waals surface area contributed by atoms with Crippen LogP contribution >= 0.6 is 11.8 Å². The predicted octanol–water partition coefficient (Wildman–Crippen LogP) is 4.83. The molecule has 2 unspecified atom stereocenters. The molecule has 106 valence electrons. The Kier molecular flexibility index (Phi) is 6.16. The van der Waals surface area contributed by atoms with Gasteiger partial charge in [-0.2, -0.15) is 11.8 Å². The summed E-state index contributed by atoms with van der Waals surface area (Å²) in [6.45, 7) is 3.26. The van der Waals surface area contributed by atoms with Gasteiger partial charge in [-0.3, -0.25) is 0 Å². The van der Waals surface area contributed by atoms with Crippen LogP contribution in [0.1, 0.15) is 35.8 Å². The van der Waals surface area contributed by atoms with Crippen molar-refractivity contribution in [2.24, 2.45) is 0 Å². The second-order valence-electron chi connectivity index (χ2n) is 4.91. The number of rotatable bonds is 7. The van der Waals surface area contributed by atoms with Crippen molar-refractivity contribution in [2.45, 2.75) is 24.6 Å². The third-order valence-corrected chi connectivity index (χ3v) is 4.51. The van der Waals surface area contributed by atoms with E-state index in [-0.39, 0.29) is 0 Å². The van der Waals surface area contributed by atoms with Gasteiger partial charge in [-0.1, -0.05) is 67.6 Å². The summed E-state index contributed by atoms with van der Waals surface area (Å²) in [5, 5.41) is 4.15. The van der Waals surface area contributed by atoms with Crippen molar-refractivity contribution >= 4 is 11.8 Å². The Bertz CT molecular complexity index is 483. The number of hydrogen-bond donors (Lipinski definition) is 1. The zero-order chi connectivity index (χ0) is 14.2. The summed E-state index contributed by atoms with van der Waals surface area (Å²) in [7, 11) is 0. The van der Waals surface area contributed by atoms with Crippen molar-refractivity contribution in [3.63, 3.8) is 0 Å². The summed E-state index contributed by atoms with van der Waals surface area (Å²) in [4.78, 5) is 0. The van der Waals surface area contributed by atoms with Crippen LogP contribution in [0.25, 0.3) is 0 Å². The number of nitrogens with one attached hydrogen (secondary N) is 1. The Morgan fingerprint density at radius 1 is 0.900 bits per heavy atom. The van der Waals surface area contributed by atoms with Gasteiger partial charge in [0.2, 0.25) is 0 Å². The molecule has 20 heavy (non-hydrogen) atoms. The SMILES string of the molecule is CCCNC(c1ccccc1)C(SC)c1ccccc1. The Morgan fingerprint density at radius 3 is 1.95 bits per heavy atom. The van der Waals surface area contributed by atoms with Crippen LogP contribution in [0.15, 0.2) is 60.7 Å². The highest BCUT2D eigenvalue weighted by Gasteiger charge is 2.23. The van der Waals surface area contributed by atoms with Crippen molar-refractivity contribution in [3.05, 3.63) is 71.8 Å². The normalized spacial score (nSPS) is 13.9. The molecular formula is C18H23NS. The van der Waals surface area contributed by atoms with Gasteiger partial charge >= 0.3 is 0 Å². The minimum absolute atomic E-state index is 0.355. The summed E-state index contributed by atoms with van der Waals surface area (Å²) < 4.78 is 0. The van der Waals surface area contributed by atoms with E-state index in [9.17, 15) is 0 Å². The van der Waals surface area contributed by atoms with E-state index in [1.807, 2.05) is 11.8 Å². The predicted molar refractivity (Wildman–Crippen MR) is 90.2 cm³/mol. The molecule has 2 aromatic rings. The lowest BCUT2D eigenvalue weighted by Gasteiger charge is -2.28. The maximum absolute atomic E-state index is 3.71. The minimum Gasteiger partial charge on any atom is -0.309 e. The van der Waals surface area contributed by atoms with E-state index in [0.717, 1.165) is 13.0 Å². The average Bonchev–Trinajstić information content (AvgIpc) is 2.53. The fourth-order valence-electron chi connectivity index (χ4n) is 2.47. The smallest absolute Gasteiger partial charge is 0.0489 e. The molecule has 0 fully saturated rings. The van der Waals surface area contributed by atoms with Crippen molar-refractivity contribution in [1.82, 2.24) is 5.32 Å². The maximum atomic E-state index is 3.71. The Balaban J connectivity index is 2.29. The molecule has 1 N–H and O–H groups in total. The molecule has 0 heterocycles. The lowest BCUT2D eigenvalue weighted by Crippen LogP contribution is -2.26. The van der Waals surface area contributed by atoms with E-state index in [1.54, 1.807) is 0 Å². The molecular weight excluding hydrogens is 262 g/mol. The zero-order valence-corrected chi connectivity index (χ0v) is 13.1. The highest BCUT2D eigenvalue weighted by molar-refractivity contribution is 7.98. The van der Waals surface area contributed by atoms with Crippen LogP contribution in [0, 0.1) is 0 Å². The molecule has 0 amide bonds. The van der Waals surface area contributed by atoms with Gasteiger partial charge in [0.1, 0.15) is 0 Å². The number of thioether (sulfide) groups is 1. The van der Waals surface area contributed by atoms with Crippen LogP contribution in [-0.2, 0) is 0 Å². The Labute approximate surface area is 126 Å². The largest absolute Gasteiger partial charge is 0.309 e. The molecule has 0 aromatic heterocycles. The van der Waals surface area contributed by atoms with E-state index >= 15 is 0 Å². The van der Waals surface area contributed by atoms with Gasteiger partial charge in [0, 0.05) is 11.3 Å². The first-order valence-corrected chi connectivity index (χ1v) is 8.51. The van der Waals surface area contributed by atoms with Gasteiger partial charge < -0.3 is 5.32 Å². The molecule has 0 aliphatic rings. The standard InChI is InChI=1S/C18H23NS/c1-3-14-19-17(15-10-6-4-7-11-15)18(20-2)16-12-8-5-9-13-16/h4-13,17-19H,3,14H2,1-2H3.